The molecule has 2 aromatic carbocycles. The average molecular weight is 553 g/mol. The van der Waals surface area contributed by atoms with Crippen molar-refractivity contribution in [3.63, 3.8) is 0 Å². The van der Waals surface area contributed by atoms with Crippen LogP contribution in [0.1, 0.15) is 5.56 Å². The molecule has 0 saturated carbocycles. The number of rotatable bonds is 7. The van der Waals surface area contributed by atoms with Crippen LogP contribution in [0.15, 0.2) is 83.2 Å². The molecule has 2 aliphatic rings. The molecule has 190 valence electrons. The maximum absolute atomic E-state index is 13.3. The Morgan fingerprint density at radius 1 is 1.11 bits per heavy atom. The highest BCUT2D eigenvalue weighted by Gasteiger charge is 2.32. The minimum Gasteiger partial charge on any atom is -0.379 e. The lowest BCUT2D eigenvalue weighted by Crippen LogP contribution is -2.40. The monoisotopic (exact) mass is 552 g/mol. The Kier molecular flexibility index (Phi) is 7.40. The Morgan fingerprint density at radius 2 is 1.86 bits per heavy atom. The summed E-state index contributed by atoms with van der Waals surface area (Å²) in [5.74, 6) is -0.197. The van der Waals surface area contributed by atoms with Crippen molar-refractivity contribution >= 4 is 50.3 Å². The molecule has 3 heterocycles. The normalized spacial score (nSPS) is 18.1. The summed E-state index contributed by atoms with van der Waals surface area (Å²) in [6.45, 7) is 5.40. The molecule has 11 heteroatoms. The van der Waals surface area contributed by atoms with Gasteiger partial charge in [0, 0.05) is 37.0 Å². The van der Waals surface area contributed by atoms with E-state index in [0.29, 0.717) is 58.9 Å². The molecule has 2 saturated heterocycles. The van der Waals surface area contributed by atoms with E-state index in [2.05, 4.69) is 6.58 Å². The number of thiocarbonyl (C=S) groups is 1. The van der Waals surface area contributed by atoms with E-state index >= 15 is 0 Å². The van der Waals surface area contributed by atoms with Crippen LogP contribution in [0, 0.1) is 0 Å². The second-order valence-electron chi connectivity index (χ2n) is 8.34. The number of para-hydroxylation sites is 1. The second kappa shape index (κ2) is 10.7. The molecular formula is C26H24N4O4S3. The summed E-state index contributed by atoms with van der Waals surface area (Å²) in [4.78, 5) is 15.1. The number of thioether (sulfide) groups is 1. The molecule has 1 aromatic heterocycles. The maximum atomic E-state index is 13.3. The highest BCUT2D eigenvalue weighted by Crippen LogP contribution is 2.35. The molecule has 8 nitrogen and oxygen atoms in total. The molecule has 0 aliphatic carbocycles. The van der Waals surface area contributed by atoms with Crippen molar-refractivity contribution in [2.75, 3.05) is 32.8 Å². The van der Waals surface area contributed by atoms with Gasteiger partial charge in [-0.25, -0.2) is 13.1 Å². The van der Waals surface area contributed by atoms with Gasteiger partial charge >= 0.3 is 0 Å². The fourth-order valence-corrected chi connectivity index (χ4v) is 6.82. The van der Waals surface area contributed by atoms with Gasteiger partial charge in [-0.05, 0) is 30.3 Å². The quantitative estimate of drug-likeness (QED) is 0.249. The van der Waals surface area contributed by atoms with Crippen molar-refractivity contribution in [1.82, 2.24) is 19.0 Å². The largest absolute Gasteiger partial charge is 0.379 e. The fraction of sp³-hybridized carbons (Fsp3) is 0.192. The van der Waals surface area contributed by atoms with Crippen LogP contribution >= 0.6 is 24.0 Å². The van der Waals surface area contributed by atoms with Crippen LogP contribution in [-0.4, -0.2) is 70.5 Å². The zero-order valence-corrected chi connectivity index (χ0v) is 22.3. The van der Waals surface area contributed by atoms with Crippen LogP contribution in [0.3, 0.4) is 0 Å². The number of aromatic nitrogens is 2. The molecule has 0 radical (unpaired) electrons. The molecule has 5 rings (SSSR count). The molecule has 0 bridgehead atoms. The van der Waals surface area contributed by atoms with E-state index in [1.54, 1.807) is 35.0 Å². The van der Waals surface area contributed by atoms with Gasteiger partial charge in [-0.2, -0.15) is 9.40 Å². The third kappa shape index (κ3) is 5.18. The minimum atomic E-state index is -3.69. The number of amides is 1. The van der Waals surface area contributed by atoms with Crippen LogP contribution in [0.5, 0.6) is 0 Å². The Bertz CT molecular complexity index is 1490. The van der Waals surface area contributed by atoms with Gasteiger partial charge in [0.05, 0.1) is 28.7 Å². The lowest BCUT2D eigenvalue weighted by atomic mass is 10.1. The number of carbonyl (C=O) groups is 1. The Balaban J connectivity index is 1.59. The molecule has 1 amide bonds. The highest BCUT2D eigenvalue weighted by molar-refractivity contribution is 8.26. The predicted octanol–water partition coefficient (Wildman–Crippen LogP) is 3.95. The van der Waals surface area contributed by atoms with Crippen molar-refractivity contribution in [2.45, 2.75) is 4.90 Å². The van der Waals surface area contributed by atoms with E-state index in [1.807, 2.05) is 42.6 Å². The van der Waals surface area contributed by atoms with Crippen LogP contribution < -0.4 is 0 Å². The number of sulfonamides is 1. The van der Waals surface area contributed by atoms with Crippen LogP contribution in [-0.2, 0) is 19.6 Å². The molecule has 37 heavy (non-hydrogen) atoms. The number of benzene rings is 2. The molecule has 0 spiro atoms. The molecule has 0 N–H and O–H groups in total. The average Bonchev–Trinajstić information content (AvgIpc) is 3.46. The first-order chi connectivity index (χ1) is 17.9. The van der Waals surface area contributed by atoms with Crippen molar-refractivity contribution in [1.29, 1.82) is 0 Å². The van der Waals surface area contributed by atoms with E-state index in [0.717, 1.165) is 5.69 Å². The summed E-state index contributed by atoms with van der Waals surface area (Å²) in [6.07, 6.45) is 5.22. The van der Waals surface area contributed by atoms with Crippen LogP contribution in [0.25, 0.3) is 23.0 Å². The maximum Gasteiger partial charge on any atom is 0.266 e. The third-order valence-electron chi connectivity index (χ3n) is 5.95. The molecule has 0 atom stereocenters. The van der Waals surface area contributed by atoms with Crippen molar-refractivity contribution in [2.24, 2.45) is 0 Å². The van der Waals surface area contributed by atoms with Gasteiger partial charge in [0.15, 0.2) is 0 Å². The first-order valence-corrected chi connectivity index (χ1v) is 14.2. The van der Waals surface area contributed by atoms with Crippen LogP contribution in [0.4, 0.5) is 0 Å². The molecule has 2 fully saturated rings. The van der Waals surface area contributed by atoms with E-state index in [9.17, 15) is 13.2 Å². The van der Waals surface area contributed by atoms with Gasteiger partial charge < -0.3 is 4.74 Å². The molecular weight excluding hydrogens is 529 g/mol. The molecule has 0 unspecified atom stereocenters. The lowest BCUT2D eigenvalue weighted by Gasteiger charge is -2.26. The van der Waals surface area contributed by atoms with E-state index in [1.165, 1.54) is 21.0 Å². The van der Waals surface area contributed by atoms with Crippen molar-refractivity contribution < 1.29 is 17.9 Å². The van der Waals surface area contributed by atoms with Gasteiger partial charge in [-0.3, -0.25) is 9.69 Å². The first-order valence-electron chi connectivity index (χ1n) is 11.6. The second-order valence-corrected chi connectivity index (χ2v) is 12.0. The van der Waals surface area contributed by atoms with Gasteiger partial charge in [0.1, 0.15) is 10.0 Å². The zero-order chi connectivity index (χ0) is 26.0. The molecule has 3 aromatic rings. The Morgan fingerprint density at radius 3 is 2.59 bits per heavy atom. The minimum absolute atomic E-state index is 0.185. The van der Waals surface area contributed by atoms with Crippen molar-refractivity contribution in [3.05, 3.63) is 83.9 Å². The van der Waals surface area contributed by atoms with E-state index in [4.69, 9.17) is 22.1 Å². The van der Waals surface area contributed by atoms with E-state index in [-0.39, 0.29) is 10.8 Å². The predicted molar refractivity (Wildman–Crippen MR) is 149 cm³/mol. The molecule has 2 aliphatic heterocycles. The SMILES string of the molecule is C=CCN1C(=O)/C(=C/c2cn(-c3ccccc3)nc2-c2cccc(S(=O)(=O)N3CCOCC3)c2)SC1=S. The lowest BCUT2D eigenvalue weighted by molar-refractivity contribution is -0.121. The number of hydrogen-bond donors (Lipinski definition) is 0. The number of morpholine rings is 1. The summed E-state index contributed by atoms with van der Waals surface area (Å²) >= 11 is 6.60. The van der Waals surface area contributed by atoms with Crippen LogP contribution in [0.2, 0.25) is 0 Å². The Labute approximate surface area is 225 Å². The smallest absolute Gasteiger partial charge is 0.266 e. The third-order valence-corrected chi connectivity index (χ3v) is 9.22. The van der Waals surface area contributed by atoms with Gasteiger partial charge in [0.2, 0.25) is 10.0 Å². The first kappa shape index (κ1) is 25.6. The topological polar surface area (TPSA) is 84.7 Å². The number of carbonyl (C=O) groups excluding carboxylic acids is 1. The zero-order valence-electron chi connectivity index (χ0n) is 19.8. The van der Waals surface area contributed by atoms with E-state index < -0.39 is 10.0 Å². The highest BCUT2D eigenvalue weighted by atomic mass is 32.2. The summed E-state index contributed by atoms with van der Waals surface area (Å²) in [6, 6.07) is 16.3. The summed E-state index contributed by atoms with van der Waals surface area (Å²) < 4.78 is 35.5. The van der Waals surface area contributed by atoms with Gasteiger partial charge in [-0.15, -0.1) is 6.58 Å². The standard InChI is InChI=1S/C26H24N4O4S3/c1-2-11-29-25(31)23(36-26(29)35)17-20-18-30(21-8-4-3-5-9-21)27-24(20)19-7-6-10-22(16-19)37(32,33)28-12-14-34-15-13-28/h2-10,16-18H,1,11-15H2/b23-17-. The van der Waals surface area contributed by atoms with Gasteiger partial charge in [-0.1, -0.05) is 60.4 Å². The van der Waals surface area contributed by atoms with Crippen molar-refractivity contribution in [3.8, 4) is 16.9 Å². The number of ether oxygens (including phenoxy) is 1. The fourth-order valence-electron chi connectivity index (χ4n) is 4.10. The van der Waals surface area contributed by atoms with Gasteiger partial charge in [0.25, 0.3) is 5.91 Å². The summed E-state index contributed by atoms with van der Waals surface area (Å²) in [7, 11) is -3.69. The summed E-state index contributed by atoms with van der Waals surface area (Å²) in [5.41, 5.74) is 2.68. The Hall–Kier alpha value is -3.09. The number of nitrogens with zero attached hydrogens (tertiary/aromatic N) is 4. The summed E-state index contributed by atoms with van der Waals surface area (Å²) in [5, 5.41) is 4.79. The number of hydrogen-bond acceptors (Lipinski definition) is 7.